The molecule has 0 aliphatic heterocycles. The van der Waals surface area contributed by atoms with Crippen LogP contribution in [-0.2, 0) is 11.0 Å². The van der Waals surface area contributed by atoms with Crippen LogP contribution in [0.1, 0.15) is 17.0 Å². The summed E-state index contributed by atoms with van der Waals surface area (Å²) in [7, 11) is 0. The molecule has 11 heteroatoms. The van der Waals surface area contributed by atoms with Crippen molar-refractivity contribution in [2.45, 2.75) is 18.3 Å². The van der Waals surface area contributed by atoms with E-state index in [1.807, 2.05) is 0 Å². The minimum Gasteiger partial charge on any atom is -0.508 e. The van der Waals surface area contributed by atoms with E-state index in [2.05, 4.69) is 20.6 Å². The standard InChI is InChI=1S/C19H16F3N5O2S/c1-12-25-26-18(27(12)23-10-13-5-7-16(28)8-6-13)30-11-17(29)24-15-4-2-3-14(9-15)19(20,21)22/h2-10,28H,11H2,1H3,(H,24,29)/b23-10+. The molecule has 0 bridgehead atoms. The number of hydrogen-bond acceptors (Lipinski definition) is 6. The van der Waals surface area contributed by atoms with Crippen molar-refractivity contribution in [3.8, 4) is 5.75 Å². The molecule has 2 N–H and O–H groups in total. The number of aromatic hydroxyl groups is 1. The predicted molar refractivity (Wildman–Crippen MR) is 107 cm³/mol. The highest BCUT2D eigenvalue weighted by molar-refractivity contribution is 7.99. The number of thioether (sulfide) groups is 1. The molecular weight excluding hydrogens is 419 g/mol. The largest absolute Gasteiger partial charge is 0.508 e. The Bertz CT molecular complexity index is 1060. The molecular formula is C19H16F3N5O2S. The Balaban J connectivity index is 1.64. The number of nitrogens with zero attached hydrogens (tertiary/aromatic N) is 4. The number of rotatable bonds is 6. The lowest BCUT2D eigenvalue weighted by Gasteiger charge is -2.09. The van der Waals surface area contributed by atoms with Crippen molar-refractivity contribution in [3.05, 3.63) is 65.5 Å². The Morgan fingerprint density at radius 1 is 1.23 bits per heavy atom. The van der Waals surface area contributed by atoms with Gasteiger partial charge < -0.3 is 10.4 Å². The zero-order chi connectivity index (χ0) is 21.7. The van der Waals surface area contributed by atoms with E-state index in [4.69, 9.17) is 0 Å². The molecule has 3 aromatic rings. The molecule has 0 radical (unpaired) electrons. The molecule has 0 unspecified atom stereocenters. The van der Waals surface area contributed by atoms with Gasteiger partial charge in [0.05, 0.1) is 17.5 Å². The van der Waals surface area contributed by atoms with E-state index in [9.17, 15) is 23.1 Å². The monoisotopic (exact) mass is 435 g/mol. The lowest BCUT2D eigenvalue weighted by molar-refractivity contribution is -0.137. The van der Waals surface area contributed by atoms with Crippen LogP contribution in [0.5, 0.6) is 5.75 Å². The topological polar surface area (TPSA) is 92.4 Å². The van der Waals surface area contributed by atoms with Gasteiger partial charge in [0, 0.05) is 5.69 Å². The molecule has 156 valence electrons. The number of halogens is 3. The number of nitrogens with one attached hydrogen (secondary N) is 1. The molecule has 0 saturated carbocycles. The second-order valence-electron chi connectivity index (χ2n) is 6.09. The van der Waals surface area contributed by atoms with Gasteiger partial charge in [0.2, 0.25) is 11.1 Å². The molecule has 0 fully saturated rings. The van der Waals surface area contributed by atoms with Gasteiger partial charge in [0.1, 0.15) is 5.75 Å². The molecule has 0 aliphatic carbocycles. The van der Waals surface area contributed by atoms with E-state index in [1.165, 1.54) is 28.9 Å². The second kappa shape index (κ2) is 8.99. The van der Waals surface area contributed by atoms with Crippen LogP contribution in [0.3, 0.4) is 0 Å². The maximum absolute atomic E-state index is 12.8. The van der Waals surface area contributed by atoms with Gasteiger partial charge in [-0.15, -0.1) is 10.2 Å². The quantitative estimate of drug-likeness (QED) is 0.452. The van der Waals surface area contributed by atoms with E-state index in [0.29, 0.717) is 11.0 Å². The van der Waals surface area contributed by atoms with Crippen molar-refractivity contribution >= 4 is 29.6 Å². The minimum absolute atomic E-state index is 0.0541. The highest BCUT2D eigenvalue weighted by Crippen LogP contribution is 2.30. The third-order valence-electron chi connectivity index (χ3n) is 3.79. The number of phenols is 1. The summed E-state index contributed by atoms with van der Waals surface area (Å²) >= 11 is 1.04. The zero-order valence-corrected chi connectivity index (χ0v) is 16.4. The Morgan fingerprint density at radius 2 is 1.97 bits per heavy atom. The van der Waals surface area contributed by atoms with Crippen LogP contribution in [0.4, 0.5) is 18.9 Å². The molecule has 1 aromatic heterocycles. The summed E-state index contributed by atoms with van der Waals surface area (Å²) in [6, 6.07) is 10.8. The van der Waals surface area contributed by atoms with Gasteiger partial charge in [-0.2, -0.15) is 22.9 Å². The van der Waals surface area contributed by atoms with Crippen LogP contribution >= 0.6 is 11.8 Å². The fraction of sp³-hybridized carbons (Fsp3) is 0.158. The lowest BCUT2D eigenvalue weighted by atomic mass is 10.2. The van der Waals surface area contributed by atoms with Gasteiger partial charge >= 0.3 is 6.18 Å². The van der Waals surface area contributed by atoms with Gasteiger partial charge in [0.25, 0.3) is 0 Å². The normalized spacial score (nSPS) is 11.7. The highest BCUT2D eigenvalue weighted by atomic mass is 32.2. The van der Waals surface area contributed by atoms with Crippen molar-refractivity contribution < 1.29 is 23.1 Å². The Labute approximate surface area is 173 Å². The van der Waals surface area contributed by atoms with E-state index >= 15 is 0 Å². The number of anilines is 1. The number of amides is 1. The summed E-state index contributed by atoms with van der Waals surface area (Å²) in [5.74, 6) is 0.0406. The first-order valence-electron chi connectivity index (χ1n) is 8.58. The molecule has 1 amide bonds. The van der Waals surface area contributed by atoms with Gasteiger partial charge in [-0.05, 0) is 55.0 Å². The summed E-state index contributed by atoms with van der Waals surface area (Å²) in [6.45, 7) is 1.69. The van der Waals surface area contributed by atoms with Crippen LogP contribution in [0.25, 0.3) is 0 Å². The summed E-state index contributed by atoms with van der Waals surface area (Å²) in [4.78, 5) is 12.1. The fourth-order valence-corrected chi connectivity index (χ4v) is 3.08. The average molecular weight is 435 g/mol. The highest BCUT2D eigenvalue weighted by Gasteiger charge is 2.30. The number of aryl methyl sites for hydroxylation is 1. The summed E-state index contributed by atoms with van der Waals surface area (Å²) < 4.78 is 39.8. The number of benzene rings is 2. The Hall–Kier alpha value is -3.34. The number of phenolic OH excluding ortho intramolecular Hbond substituents is 1. The van der Waals surface area contributed by atoms with Gasteiger partial charge in [-0.3, -0.25) is 4.79 Å². The molecule has 7 nitrogen and oxygen atoms in total. The van der Waals surface area contributed by atoms with Crippen LogP contribution in [0.2, 0.25) is 0 Å². The summed E-state index contributed by atoms with van der Waals surface area (Å²) in [5, 5.41) is 24.3. The van der Waals surface area contributed by atoms with Gasteiger partial charge in [-0.1, -0.05) is 17.8 Å². The lowest BCUT2D eigenvalue weighted by Crippen LogP contribution is -2.15. The average Bonchev–Trinajstić information content (AvgIpc) is 3.05. The van der Waals surface area contributed by atoms with Crippen LogP contribution in [-0.4, -0.2) is 37.9 Å². The first-order valence-corrected chi connectivity index (χ1v) is 9.56. The van der Waals surface area contributed by atoms with E-state index in [-0.39, 0.29) is 17.2 Å². The molecule has 1 heterocycles. The number of aromatic nitrogens is 3. The zero-order valence-electron chi connectivity index (χ0n) is 15.6. The molecule has 0 saturated heterocycles. The fourth-order valence-electron chi connectivity index (χ4n) is 2.35. The van der Waals surface area contributed by atoms with E-state index < -0.39 is 17.6 Å². The van der Waals surface area contributed by atoms with Crippen molar-refractivity contribution in [3.63, 3.8) is 0 Å². The van der Waals surface area contributed by atoms with Crippen molar-refractivity contribution in [1.82, 2.24) is 14.9 Å². The summed E-state index contributed by atoms with van der Waals surface area (Å²) in [5.41, 5.74) is -0.0514. The maximum Gasteiger partial charge on any atom is 0.416 e. The molecule has 2 aromatic carbocycles. The maximum atomic E-state index is 12.8. The molecule has 3 rings (SSSR count). The van der Waals surface area contributed by atoms with Crippen molar-refractivity contribution in [2.75, 3.05) is 11.1 Å². The molecule has 30 heavy (non-hydrogen) atoms. The van der Waals surface area contributed by atoms with E-state index in [0.717, 1.165) is 29.5 Å². The number of carbonyl (C=O) groups excluding carboxylic acids is 1. The first-order chi connectivity index (χ1) is 14.2. The van der Waals surface area contributed by atoms with Gasteiger partial charge in [0.15, 0.2) is 5.82 Å². The predicted octanol–water partition coefficient (Wildman–Crippen LogP) is 3.92. The van der Waals surface area contributed by atoms with E-state index in [1.54, 1.807) is 25.3 Å². The third kappa shape index (κ3) is 5.60. The number of hydrogen-bond donors (Lipinski definition) is 2. The Morgan fingerprint density at radius 3 is 2.67 bits per heavy atom. The minimum atomic E-state index is -4.49. The van der Waals surface area contributed by atoms with Crippen LogP contribution in [0, 0.1) is 6.92 Å². The van der Waals surface area contributed by atoms with Crippen LogP contribution in [0.15, 0.2) is 58.8 Å². The van der Waals surface area contributed by atoms with Crippen molar-refractivity contribution in [2.24, 2.45) is 5.10 Å². The Kier molecular flexibility index (Phi) is 6.40. The second-order valence-corrected chi connectivity index (χ2v) is 7.04. The third-order valence-corrected chi connectivity index (χ3v) is 4.71. The number of carbonyl (C=O) groups is 1. The molecule has 0 atom stereocenters. The number of alkyl halides is 3. The van der Waals surface area contributed by atoms with Gasteiger partial charge in [-0.25, -0.2) is 0 Å². The molecule has 0 aliphatic rings. The smallest absolute Gasteiger partial charge is 0.416 e. The SMILES string of the molecule is Cc1nnc(SCC(=O)Nc2cccc(C(F)(F)F)c2)n1/N=C/c1ccc(O)cc1. The first kappa shape index (κ1) is 21.4. The molecule has 0 spiro atoms. The van der Waals surface area contributed by atoms with Crippen LogP contribution < -0.4 is 5.32 Å². The van der Waals surface area contributed by atoms with Crippen molar-refractivity contribution in [1.29, 1.82) is 0 Å². The summed E-state index contributed by atoms with van der Waals surface area (Å²) in [6.07, 6.45) is -2.94.